The predicted molar refractivity (Wildman–Crippen MR) is 403 cm³/mol. The lowest BCUT2D eigenvalue weighted by atomic mass is 9.98. The number of rotatable bonds is 37. The monoisotopic (exact) mass is 1640 g/mol. The number of ether oxygens (including phenoxy) is 1. The molecular formula is C72H109N17O27. The molecule has 0 bridgehead atoms. The molecule has 25 N–H and O–H groups in total. The topological polar surface area (TPSA) is 713 Å². The second-order valence-electron chi connectivity index (χ2n) is 28.2. The van der Waals surface area contributed by atoms with E-state index in [4.69, 9.17) is 21.9 Å². The maximum Gasteiger partial charge on any atom is 0.335 e. The summed E-state index contributed by atoms with van der Waals surface area (Å²) in [4.78, 5) is 276. The highest BCUT2D eigenvalue weighted by atomic mass is 16.5. The minimum Gasteiger partial charge on any atom is -0.481 e. The Morgan fingerprint density at radius 2 is 1.18 bits per heavy atom. The number of carboxylic acids is 4. The molecule has 16 atom stereocenters. The fraction of sp³-hybridized carbons (Fsp3) is 0.611. The van der Waals surface area contributed by atoms with Crippen LogP contribution in [-0.2, 0) is 107 Å². The minimum atomic E-state index is -2.84. The van der Waals surface area contributed by atoms with Crippen molar-refractivity contribution in [3.63, 3.8) is 0 Å². The minimum absolute atomic E-state index is 0.0127. The number of nitrogens with one attached hydrogen (secondary N) is 13. The standard InChI is InChI=1S/C72H109N17O27/c1-8-34(3)18-12-10-11-13-22-48(91)79-44(28-38-31-76-40-20-15-14-19-39(38)40)65(107)82-43(24-26-52(96)97)64(106)87-56(58(100)60(75)102)69(111)86-55-37(6)116-72(115)54(35(4)9-2)85-63(105)42(23-25-51(94)95)83-66(108)45(29-47(74)90)80-49(92)32-77-68(110)57(59(101)71(113)114)88-62(104)41(21-16-17-27-73)81-67(109)46(30-53(98)99)84-61(103)36(5)78-50(93)33-89(7)70(55)112/h14-15,19-20,31,34-37,41-46,54-59,76,100-101H,8-13,16-18,21-30,32-33,73H2,1-7H3,(H2,74,90)(H2,75,102)(H,77,110)(H,78,93)(H,79,91)(H,80,92)(H,81,109)(H,82,107)(H,83,108)(H,84,103)(H,85,105)(H,86,111)(H,87,106)(H,88,104)(H,94,95)(H,96,97)(H,98,99)(H,113,114)/t34?,35?,36-,37+,41+,42?,43+,44-,45+,46-,54-,55-,56-,57-,58?,59?/m0/s1. The highest BCUT2D eigenvalue weighted by Crippen LogP contribution is 2.22. The predicted octanol–water partition coefficient (Wildman–Crippen LogP) is -6.48. The number of esters is 1. The lowest BCUT2D eigenvalue weighted by molar-refractivity contribution is -0.159. The Morgan fingerprint density at radius 1 is 0.595 bits per heavy atom. The van der Waals surface area contributed by atoms with Gasteiger partial charge in [0, 0.05) is 49.8 Å². The van der Waals surface area contributed by atoms with Crippen molar-refractivity contribution in [3.05, 3.63) is 36.0 Å². The molecule has 44 heteroatoms. The van der Waals surface area contributed by atoms with Crippen molar-refractivity contribution >= 4 is 129 Å². The highest BCUT2D eigenvalue weighted by Gasteiger charge is 2.43. The fourth-order valence-corrected chi connectivity index (χ4v) is 11.7. The Hall–Kier alpha value is -12.0. The average molecular weight is 1640 g/mol. The first-order valence-electron chi connectivity index (χ1n) is 37.7. The summed E-state index contributed by atoms with van der Waals surface area (Å²) in [7, 11) is 0.889. The number of H-pyrrole nitrogens is 1. The van der Waals surface area contributed by atoms with Gasteiger partial charge >= 0.3 is 29.8 Å². The number of aromatic nitrogens is 1. The maximum atomic E-state index is 15.0. The first-order chi connectivity index (χ1) is 54.5. The summed E-state index contributed by atoms with van der Waals surface area (Å²) in [6.45, 7) is 6.54. The number of hydrogen-bond donors (Lipinski definition) is 22. The number of cyclic esters (lactones) is 1. The molecule has 1 aliphatic heterocycles. The van der Waals surface area contributed by atoms with Crippen molar-refractivity contribution in [2.45, 2.75) is 242 Å². The number of fused-ring (bicyclic) bond motifs is 1. The molecule has 1 aromatic carbocycles. The van der Waals surface area contributed by atoms with Crippen molar-refractivity contribution in [2.24, 2.45) is 29.0 Å². The first-order valence-corrected chi connectivity index (χ1v) is 37.7. The molecule has 0 aliphatic carbocycles. The summed E-state index contributed by atoms with van der Waals surface area (Å²) in [5.74, 6) is -29.8. The highest BCUT2D eigenvalue weighted by molar-refractivity contribution is 6.02. The zero-order chi connectivity index (χ0) is 87.4. The van der Waals surface area contributed by atoms with Gasteiger partial charge in [-0.25, -0.2) is 9.59 Å². The van der Waals surface area contributed by atoms with Crippen LogP contribution in [0.1, 0.15) is 156 Å². The molecule has 1 fully saturated rings. The van der Waals surface area contributed by atoms with Crippen LogP contribution in [0.2, 0.25) is 0 Å². The van der Waals surface area contributed by atoms with Crippen molar-refractivity contribution in [1.82, 2.24) is 73.7 Å². The van der Waals surface area contributed by atoms with E-state index in [0.717, 1.165) is 46.6 Å². The van der Waals surface area contributed by atoms with Crippen LogP contribution in [0.5, 0.6) is 0 Å². The van der Waals surface area contributed by atoms with Crippen LogP contribution in [0.25, 0.3) is 10.9 Å². The van der Waals surface area contributed by atoms with Gasteiger partial charge in [0.05, 0.1) is 25.9 Å². The third-order valence-electron chi connectivity index (χ3n) is 18.9. The Labute approximate surface area is 665 Å². The van der Waals surface area contributed by atoms with Gasteiger partial charge in [0.2, 0.25) is 88.6 Å². The van der Waals surface area contributed by atoms with E-state index in [1.54, 1.807) is 30.5 Å². The molecule has 1 saturated heterocycles. The zero-order valence-corrected chi connectivity index (χ0v) is 65.4. The summed E-state index contributed by atoms with van der Waals surface area (Å²) in [6, 6.07) is -16.1. The number of aliphatic carboxylic acids is 4. The second-order valence-corrected chi connectivity index (χ2v) is 28.2. The smallest absolute Gasteiger partial charge is 0.335 e. The molecule has 1 aliphatic rings. The quantitative estimate of drug-likeness (QED) is 0.0221. The molecule has 5 unspecified atom stereocenters. The van der Waals surface area contributed by atoms with E-state index in [1.807, 2.05) is 21.3 Å². The SMILES string of the molecule is CCC(C)CCCCCCC(=O)N[C@@H](Cc1c[nH]c2ccccc12)C(=O)N[C@H](CCC(=O)O)C(=O)N[C@H](C(=O)N[C@@H]1C(=O)N(C)CC(=O)N[C@@H](C)C(=O)N[C@@H](CC(=O)O)C(=O)N[C@H](CCCCN)C(=O)N[C@@H](C(O)C(=O)O)C(=O)NCC(=O)N[C@H](CC(N)=O)C(=O)NC(CCC(=O)O)C(=O)N[C@@H](C(C)CC)C(=O)O[C@@H]1C)C(O)C(N)=O. The Bertz CT molecular complexity index is 3860. The van der Waals surface area contributed by atoms with E-state index in [2.05, 4.69) is 61.4 Å². The van der Waals surface area contributed by atoms with Gasteiger partial charge in [0.25, 0.3) is 0 Å². The van der Waals surface area contributed by atoms with E-state index in [-0.39, 0.29) is 38.6 Å². The number of carbonyl (C=O) groups excluding carboxylic acids is 16. The van der Waals surface area contributed by atoms with Gasteiger partial charge in [-0.2, -0.15) is 0 Å². The number of amides is 15. The molecule has 644 valence electrons. The number of nitrogens with zero attached hydrogens (tertiary/aromatic N) is 1. The van der Waals surface area contributed by atoms with Crippen molar-refractivity contribution in [2.75, 3.05) is 26.7 Å². The molecule has 15 amide bonds. The Morgan fingerprint density at radius 3 is 1.77 bits per heavy atom. The van der Waals surface area contributed by atoms with Crippen molar-refractivity contribution < 1.29 is 131 Å². The number of aliphatic hydroxyl groups excluding tert-OH is 2. The number of benzene rings is 1. The number of primary amides is 2. The van der Waals surface area contributed by atoms with Gasteiger partial charge in [-0.05, 0) is 82.4 Å². The van der Waals surface area contributed by atoms with Crippen LogP contribution >= 0.6 is 0 Å². The summed E-state index contributed by atoms with van der Waals surface area (Å²) in [5, 5.41) is 87.9. The molecule has 116 heavy (non-hydrogen) atoms. The third kappa shape index (κ3) is 33.2. The van der Waals surface area contributed by atoms with Gasteiger partial charge in [-0.3, -0.25) is 86.3 Å². The summed E-state index contributed by atoms with van der Waals surface area (Å²) >= 11 is 0. The molecule has 2 heterocycles. The number of nitrogens with two attached hydrogens (primary N) is 3. The number of aromatic amines is 1. The number of para-hydroxylation sites is 1. The first kappa shape index (κ1) is 98.2. The van der Waals surface area contributed by atoms with E-state index in [9.17, 15) is 127 Å². The van der Waals surface area contributed by atoms with Crippen LogP contribution in [0.3, 0.4) is 0 Å². The molecule has 3 rings (SSSR count). The number of aliphatic hydroxyl groups is 2. The maximum absolute atomic E-state index is 15.0. The van der Waals surface area contributed by atoms with Gasteiger partial charge in [-0.15, -0.1) is 0 Å². The van der Waals surface area contributed by atoms with Crippen LogP contribution in [0, 0.1) is 11.8 Å². The lowest BCUT2D eigenvalue weighted by Crippen LogP contribution is -2.64. The number of likely N-dealkylation sites (N-methyl/N-ethyl adjacent to an activating group) is 1. The van der Waals surface area contributed by atoms with Crippen molar-refractivity contribution in [3.8, 4) is 0 Å². The molecule has 0 saturated carbocycles. The molecule has 0 spiro atoms. The number of carboxylic acid groups (broad SMARTS) is 4. The van der Waals surface area contributed by atoms with E-state index < -0.39 is 267 Å². The van der Waals surface area contributed by atoms with E-state index in [0.29, 0.717) is 40.1 Å². The van der Waals surface area contributed by atoms with Crippen molar-refractivity contribution in [1.29, 1.82) is 0 Å². The fourth-order valence-electron chi connectivity index (χ4n) is 11.7. The van der Waals surface area contributed by atoms with Gasteiger partial charge in [-0.1, -0.05) is 84.4 Å². The lowest BCUT2D eigenvalue weighted by Gasteiger charge is -2.32. The molecule has 1 aromatic heterocycles. The van der Waals surface area contributed by atoms with E-state index in [1.165, 1.54) is 13.8 Å². The molecule has 44 nitrogen and oxygen atoms in total. The largest absolute Gasteiger partial charge is 0.481 e. The Kier molecular flexibility index (Phi) is 41.5. The Balaban J connectivity index is 2.27. The van der Waals surface area contributed by atoms with Crippen LogP contribution in [-0.4, -0.2) is 270 Å². The van der Waals surface area contributed by atoms with Crippen LogP contribution in [0.15, 0.2) is 30.5 Å². The van der Waals surface area contributed by atoms with Crippen LogP contribution < -0.4 is 81.0 Å². The molecule has 0 radical (unpaired) electrons. The number of carbonyl (C=O) groups is 20. The summed E-state index contributed by atoms with van der Waals surface area (Å²) in [6.07, 6.45) is -7.67. The zero-order valence-electron chi connectivity index (χ0n) is 65.4. The number of hydrogen-bond acceptors (Lipinski definition) is 24. The average Bonchev–Trinajstić information content (AvgIpc) is 1.58. The van der Waals surface area contributed by atoms with Gasteiger partial charge < -0.3 is 126 Å². The van der Waals surface area contributed by atoms with Gasteiger partial charge in [0.15, 0.2) is 12.2 Å². The van der Waals surface area contributed by atoms with E-state index >= 15 is 0 Å². The number of unbranched alkanes of at least 4 members (excludes halogenated alkanes) is 4. The summed E-state index contributed by atoms with van der Waals surface area (Å²) < 4.78 is 5.74. The second kappa shape index (κ2) is 49.0. The normalized spacial score (nSPS) is 22.1. The molecular weight excluding hydrogens is 1530 g/mol. The summed E-state index contributed by atoms with van der Waals surface area (Å²) in [5.41, 5.74) is 17.7. The van der Waals surface area contributed by atoms with Gasteiger partial charge in [0.1, 0.15) is 72.6 Å². The third-order valence-corrected chi connectivity index (χ3v) is 18.9. The molecule has 2 aromatic rings. The van der Waals surface area contributed by atoms with Crippen LogP contribution in [0.4, 0.5) is 0 Å².